The fraction of sp³-hybridized carbons (Fsp3) is 0.462. The monoisotopic (exact) mass is 205 g/mol. The van der Waals surface area contributed by atoms with Gasteiger partial charge in [-0.25, -0.2) is 0 Å². The highest BCUT2D eigenvalue weighted by Gasteiger charge is 2.02. The number of benzene rings is 1. The largest absolute Gasteiger partial charge is 0.411 e. The number of hydrogen-bond donors (Lipinski definition) is 1. The Kier molecular flexibility index (Phi) is 4.35. The van der Waals surface area contributed by atoms with Crippen LogP contribution < -0.4 is 0 Å². The van der Waals surface area contributed by atoms with Gasteiger partial charge in [-0.05, 0) is 29.4 Å². The van der Waals surface area contributed by atoms with Crippen molar-refractivity contribution in [3.63, 3.8) is 0 Å². The molecule has 0 bridgehead atoms. The zero-order chi connectivity index (χ0) is 11.3. The summed E-state index contributed by atoms with van der Waals surface area (Å²) in [5.74, 6) is 0.857. The van der Waals surface area contributed by atoms with Gasteiger partial charge in [0.25, 0.3) is 0 Å². The summed E-state index contributed by atoms with van der Waals surface area (Å²) in [7, 11) is 0. The van der Waals surface area contributed by atoms with E-state index >= 15 is 0 Å². The van der Waals surface area contributed by atoms with Gasteiger partial charge in [0.15, 0.2) is 0 Å². The van der Waals surface area contributed by atoms with Crippen molar-refractivity contribution in [2.75, 3.05) is 0 Å². The molecule has 1 atom stereocenters. The number of nitrogens with zero attached hydrogens (tertiary/aromatic N) is 1. The SMILES string of the molecule is CC(/C=N/O)Cc1ccc(C(C)C)cc1. The molecule has 2 heteroatoms. The molecule has 0 fully saturated rings. The minimum Gasteiger partial charge on any atom is -0.411 e. The van der Waals surface area contributed by atoms with Gasteiger partial charge in [0.1, 0.15) is 0 Å². The predicted molar refractivity (Wildman–Crippen MR) is 63.7 cm³/mol. The topological polar surface area (TPSA) is 32.6 Å². The Labute approximate surface area is 91.6 Å². The molecular weight excluding hydrogens is 186 g/mol. The second kappa shape index (κ2) is 5.54. The molecule has 1 aromatic rings. The van der Waals surface area contributed by atoms with Gasteiger partial charge in [-0.1, -0.05) is 45.0 Å². The van der Waals surface area contributed by atoms with Crippen LogP contribution in [0.4, 0.5) is 0 Å². The number of oxime groups is 1. The van der Waals surface area contributed by atoms with Gasteiger partial charge < -0.3 is 5.21 Å². The summed E-state index contributed by atoms with van der Waals surface area (Å²) in [6.07, 6.45) is 2.48. The Morgan fingerprint density at radius 3 is 2.27 bits per heavy atom. The molecule has 15 heavy (non-hydrogen) atoms. The lowest BCUT2D eigenvalue weighted by molar-refractivity contribution is 0.318. The van der Waals surface area contributed by atoms with Crippen molar-refractivity contribution in [2.24, 2.45) is 11.1 Å². The van der Waals surface area contributed by atoms with E-state index in [1.807, 2.05) is 6.92 Å². The first-order chi connectivity index (χ1) is 7.13. The summed E-state index contributed by atoms with van der Waals surface area (Å²) in [4.78, 5) is 0. The van der Waals surface area contributed by atoms with E-state index in [1.54, 1.807) is 6.21 Å². The summed E-state index contributed by atoms with van der Waals surface area (Å²) in [5, 5.41) is 11.5. The predicted octanol–water partition coefficient (Wildman–Crippen LogP) is 3.45. The van der Waals surface area contributed by atoms with Crippen molar-refractivity contribution in [2.45, 2.75) is 33.1 Å². The minimum atomic E-state index is 0.278. The summed E-state index contributed by atoms with van der Waals surface area (Å²) in [5.41, 5.74) is 2.65. The molecule has 1 N–H and O–H groups in total. The Bertz CT molecular complexity index is 314. The standard InChI is InChI=1S/C13H19NO/c1-10(2)13-6-4-12(5-7-13)8-11(3)9-14-15/h4-7,9-11,15H,8H2,1-3H3/b14-9+. The van der Waals surface area contributed by atoms with Crippen molar-refractivity contribution < 1.29 is 5.21 Å². The highest BCUT2D eigenvalue weighted by Crippen LogP contribution is 2.16. The van der Waals surface area contributed by atoms with Crippen LogP contribution in [0.15, 0.2) is 29.4 Å². The van der Waals surface area contributed by atoms with Gasteiger partial charge in [-0.15, -0.1) is 5.16 Å². The third kappa shape index (κ3) is 3.74. The van der Waals surface area contributed by atoms with Crippen LogP contribution in [0.2, 0.25) is 0 Å². The van der Waals surface area contributed by atoms with Gasteiger partial charge in [0.2, 0.25) is 0 Å². The lowest BCUT2D eigenvalue weighted by Crippen LogP contribution is -2.01. The lowest BCUT2D eigenvalue weighted by atomic mass is 9.97. The van der Waals surface area contributed by atoms with E-state index in [0.29, 0.717) is 5.92 Å². The summed E-state index contributed by atoms with van der Waals surface area (Å²) < 4.78 is 0. The molecular formula is C13H19NO. The van der Waals surface area contributed by atoms with Crippen molar-refractivity contribution in [1.29, 1.82) is 0 Å². The van der Waals surface area contributed by atoms with Gasteiger partial charge in [0.05, 0.1) is 0 Å². The Morgan fingerprint density at radius 1 is 1.20 bits per heavy atom. The van der Waals surface area contributed by atoms with Gasteiger partial charge in [0, 0.05) is 6.21 Å². The molecule has 1 rings (SSSR count). The molecule has 1 unspecified atom stereocenters. The number of rotatable bonds is 4. The van der Waals surface area contributed by atoms with E-state index in [9.17, 15) is 0 Å². The normalized spacial score (nSPS) is 13.6. The number of hydrogen-bond acceptors (Lipinski definition) is 2. The molecule has 0 radical (unpaired) electrons. The molecule has 0 aliphatic rings. The van der Waals surface area contributed by atoms with Crippen molar-refractivity contribution in [3.8, 4) is 0 Å². The van der Waals surface area contributed by atoms with Crippen molar-refractivity contribution in [1.82, 2.24) is 0 Å². The minimum absolute atomic E-state index is 0.278. The Balaban J connectivity index is 2.64. The second-order valence-electron chi connectivity index (χ2n) is 4.34. The van der Waals surface area contributed by atoms with Crippen LogP contribution in [-0.4, -0.2) is 11.4 Å². The first kappa shape index (κ1) is 11.8. The summed E-state index contributed by atoms with van der Waals surface area (Å²) >= 11 is 0. The highest BCUT2D eigenvalue weighted by molar-refractivity contribution is 5.59. The zero-order valence-corrected chi connectivity index (χ0v) is 9.64. The molecule has 1 aromatic carbocycles. The average molecular weight is 205 g/mol. The Morgan fingerprint density at radius 2 is 1.80 bits per heavy atom. The maximum absolute atomic E-state index is 8.40. The molecule has 0 heterocycles. The third-order valence-electron chi connectivity index (χ3n) is 2.53. The molecule has 82 valence electrons. The van der Waals surface area contributed by atoms with Crippen LogP contribution in [0.5, 0.6) is 0 Å². The summed E-state index contributed by atoms with van der Waals surface area (Å²) in [6.45, 7) is 6.42. The van der Waals surface area contributed by atoms with Crippen LogP contribution in [0.25, 0.3) is 0 Å². The molecule has 0 aliphatic heterocycles. The van der Waals surface area contributed by atoms with Crippen LogP contribution in [0, 0.1) is 5.92 Å². The summed E-state index contributed by atoms with van der Waals surface area (Å²) in [6, 6.07) is 8.64. The first-order valence-corrected chi connectivity index (χ1v) is 5.40. The molecule has 0 aliphatic carbocycles. The van der Waals surface area contributed by atoms with Gasteiger partial charge >= 0.3 is 0 Å². The van der Waals surface area contributed by atoms with E-state index in [0.717, 1.165) is 6.42 Å². The van der Waals surface area contributed by atoms with E-state index in [-0.39, 0.29) is 5.92 Å². The maximum atomic E-state index is 8.40. The fourth-order valence-electron chi connectivity index (χ4n) is 1.58. The van der Waals surface area contributed by atoms with Gasteiger partial charge in [-0.2, -0.15) is 0 Å². The highest BCUT2D eigenvalue weighted by atomic mass is 16.4. The van der Waals surface area contributed by atoms with Gasteiger partial charge in [-0.3, -0.25) is 0 Å². The fourth-order valence-corrected chi connectivity index (χ4v) is 1.58. The quantitative estimate of drug-likeness (QED) is 0.456. The van der Waals surface area contributed by atoms with Crippen LogP contribution >= 0.6 is 0 Å². The smallest absolute Gasteiger partial charge is 0.0467 e. The first-order valence-electron chi connectivity index (χ1n) is 5.40. The zero-order valence-electron chi connectivity index (χ0n) is 9.64. The van der Waals surface area contributed by atoms with E-state index in [2.05, 4.69) is 43.3 Å². The van der Waals surface area contributed by atoms with Crippen molar-refractivity contribution in [3.05, 3.63) is 35.4 Å². The van der Waals surface area contributed by atoms with Crippen LogP contribution in [0.3, 0.4) is 0 Å². The average Bonchev–Trinajstić information content (AvgIpc) is 2.18. The molecule has 2 nitrogen and oxygen atoms in total. The van der Waals surface area contributed by atoms with Crippen molar-refractivity contribution >= 4 is 6.21 Å². The third-order valence-corrected chi connectivity index (χ3v) is 2.53. The van der Waals surface area contributed by atoms with Crippen LogP contribution in [-0.2, 0) is 6.42 Å². The van der Waals surface area contributed by atoms with E-state index < -0.39 is 0 Å². The van der Waals surface area contributed by atoms with Crippen LogP contribution in [0.1, 0.15) is 37.8 Å². The maximum Gasteiger partial charge on any atom is 0.0467 e. The molecule has 0 saturated carbocycles. The van der Waals surface area contributed by atoms with E-state index in [4.69, 9.17) is 5.21 Å². The molecule has 0 saturated heterocycles. The molecule has 0 spiro atoms. The lowest BCUT2D eigenvalue weighted by Gasteiger charge is -2.08. The molecule has 0 aromatic heterocycles. The van der Waals surface area contributed by atoms with E-state index in [1.165, 1.54) is 11.1 Å². The Hall–Kier alpha value is -1.31. The second-order valence-corrected chi connectivity index (χ2v) is 4.34. The molecule has 0 amide bonds.